The Bertz CT molecular complexity index is 927. The number of aliphatic hydroxyl groups excluding tert-OH is 1. The van der Waals surface area contributed by atoms with E-state index in [1.807, 2.05) is 40.8 Å². The highest BCUT2D eigenvalue weighted by Gasteiger charge is 2.23. The number of hydrogen-bond donors (Lipinski definition) is 5. The fourth-order valence-electron chi connectivity index (χ4n) is 3.23. The number of fused-ring (bicyclic) bond motifs is 1. The molecule has 0 amide bonds. The molecule has 0 radical (unpaired) electrons. The summed E-state index contributed by atoms with van der Waals surface area (Å²) in [6, 6.07) is 10.4. The van der Waals surface area contributed by atoms with Crippen LogP contribution in [0.2, 0.25) is 0 Å². The van der Waals surface area contributed by atoms with Gasteiger partial charge in [0.2, 0.25) is 0 Å². The smallest absolute Gasteiger partial charge is 0.149 e. The summed E-state index contributed by atoms with van der Waals surface area (Å²) in [7, 11) is 1.81. The first-order chi connectivity index (χ1) is 14.8. The molecule has 0 aliphatic carbocycles. The molecular formula is C25H41N5O. The summed E-state index contributed by atoms with van der Waals surface area (Å²) in [5, 5.41) is 17.2. The Balaban J connectivity index is 0.00000113. The van der Waals surface area contributed by atoms with Crippen LogP contribution in [0.4, 0.5) is 11.5 Å². The Morgan fingerprint density at radius 3 is 2.35 bits per heavy atom. The van der Waals surface area contributed by atoms with Crippen molar-refractivity contribution >= 4 is 22.4 Å². The van der Waals surface area contributed by atoms with Crippen LogP contribution in [-0.4, -0.2) is 34.8 Å². The van der Waals surface area contributed by atoms with Crippen molar-refractivity contribution in [3.05, 3.63) is 42.1 Å². The Hall–Kier alpha value is -2.57. The van der Waals surface area contributed by atoms with E-state index in [-0.39, 0.29) is 18.1 Å². The van der Waals surface area contributed by atoms with Crippen molar-refractivity contribution in [3.8, 4) is 11.3 Å². The predicted molar refractivity (Wildman–Crippen MR) is 135 cm³/mol. The van der Waals surface area contributed by atoms with E-state index in [0.29, 0.717) is 18.1 Å². The van der Waals surface area contributed by atoms with E-state index in [1.54, 1.807) is 6.20 Å². The standard InChI is InChI=1S/C21H29N5O.2C2H6/c1-21(2,3)18(12-27)25-11-13-5-6-16-14(9-13)10-17(26-16)15-7-8-24-20(23-4)19(15)22;2*1-2/h5-10,18,25-27H,11-12,22H2,1-4H3,(H,23,24);2*1-2H3. The van der Waals surface area contributed by atoms with E-state index in [0.717, 1.165) is 22.2 Å². The number of nitrogens with one attached hydrogen (secondary N) is 3. The zero-order chi connectivity index (χ0) is 23.6. The summed E-state index contributed by atoms with van der Waals surface area (Å²) in [5.74, 6) is 0.674. The third-order valence-corrected chi connectivity index (χ3v) is 4.98. The van der Waals surface area contributed by atoms with Crippen molar-refractivity contribution in [2.75, 3.05) is 24.7 Å². The van der Waals surface area contributed by atoms with Crippen molar-refractivity contribution in [2.45, 2.75) is 61.1 Å². The van der Waals surface area contributed by atoms with Crippen LogP contribution in [0.15, 0.2) is 36.5 Å². The zero-order valence-electron chi connectivity index (χ0n) is 20.4. The maximum atomic E-state index is 9.62. The second kappa shape index (κ2) is 12.3. The van der Waals surface area contributed by atoms with Crippen LogP contribution in [0.5, 0.6) is 0 Å². The van der Waals surface area contributed by atoms with Gasteiger partial charge in [-0.05, 0) is 35.2 Å². The molecule has 0 saturated carbocycles. The van der Waals surface area contributed by atoms with Crippen LogP contribution in [0.25, 0.3) is 22.2 Å². The van der Waals surface area contributed by atoms with Crippen molar-refractivity contribution < 1.29 is 5.11 Å². The average Bonchev–Trinajstić information content (AvgIpc) is 3.19. The van der Waals surface area contributed by atoms with Crippen molar-refractivity contribution in [2.24, 2.45) is 5.41 Å². The summed E-state index contributed by atoms with van der Waals surface area (Å²) in [4.78, 5) is 7.68. The maximum Gasteiger partial charge on any atom is 0.149 e. The van der Waals surface area contributed by atoms with Crippen LogP contribution in [-0.2, 0) is 6.54 Å². The van der Waals surface area contributed by atoms with Gasteiger partial charge in [-0.3, -0.25) is 0 Å². The lowest BCUT2D eigenvalue weighted by Crippen LogP contribution is -2.42. The molecule has 0 saturated heterocycles. The first-order valence-electron chi connectivity index (χ1n) is 11.2. The third-order valence-electron chi connectivity index (χ3n) is 4.98. The molecule has 0 aliphatic rings. The third kappa shape index (κ3) is 6.71. The molecule has 2 aromatic heterocycles. The van der Waals surface area contributed by atoms with Crippen molar-refractivity contribution in [3.63, 3.8) is 0 Å². The molecular weight excluding hydrogens is 386 g/mol. The summed E-state index contributed by atoms with van der Waals surface area (Å²) in [5.41, 5.74) is 11.0. The quantitative estimate of drug-likeness (QED) is 0.363. The van der Waals surface area contributed by atoms with E-state index in [4.69, 9.17) is 5.73 Å². The molecule has 2 heterocycles. The largest absolute Gasteiger partial charge is 0.395 e. The zero-order valence-corrected chi connectivity index (χ0v) is 20.4. The van der Waals surface area contributed by atoms with Gasteiger partial charge in [0.05, 0.1) is 12.3 Å². The lowest BCUT2D eigenvalue weighted by atomic mass is 9.87. The number of benzene rings is 1. The molecule has 6 heteroatoms. The molecule has 172 valence electrons. The van der Waals surface area contributed by atoms with Crippen LogP contribution in [0.1, 0.15) is 54.0 Å². The topological polar surface area (TPSA) is 99.0 Å². The van der Waals surface area contributed by atoms with Gasteiger partial charge < -0.3 is 26.5 Å². The van der Waals surface area contributed by atoms with Crippen LogP contribution in [0.3, 0.4) is 0 Å². The van der Waals surface area contributed by atoms with Gasteiger partial charge >= 0.3 is 0 Å². The summed E-state index contributed by atoms with van der Waals surface area (Å²) in [6.07, 6.45) is 1.75. The molecule has 3 rings (SSSR count). The van der Waals surface area contributed by atoms with E-state index in [2.05, 4.69) is 65.6 Å². The Labute approximate surface area is 187 Å². The van der Waals surface area contributed by atoms with E-state index in [1.165, 1.54) is 5.56 Å². The van der Waals surface area contributed by atoms with Crippen LogP contribution in [0, 0.1) is 5.41 Å². The molecule has 0 fully saturated rings. The number of aromatic nitrogens is 2. The normalized spacial score (nSPS) is 11.8. The Kier molecular flexibility index (Phi) is 10.5. The van der Waals surface area contributed by atoms with Gasteiger partial charge in [-0.1, -0.05) is 54.5 Å². The molecule has 6 nitrogen and oxygen atoms in total. The number of nitrogens with zero attached hydrogens (tertiary/aromatic N) is 1. The molecule has 1 unspecified atom stereocenters. The Morgan fingerprint density at radius 1 is 1.10 bits per heavy atom. The van der Waals surface area contributed by atoms with Crippen molar-refractivity contribution in [1.29, 1.82) is 0 Å². The van der Waals surface area contributed by atoms with Gasteiger partial charge in [-0.15, -0.1) is 0 Å². The van der Waals surface area contributed by atoms with E-state index >= 15 is 0 Å². The summed E-state index contributed by atoms with van der Waals surface area (Å²) >= 11 is 0. The number of aliphatic hydroxyl groups is 1. The molecule has 0 bridgehead atoms. The number of anilines is 2. The number of hydrogen-bond acceptors (Lipinski definition) is 5. The highest BCUT2D eigenvalue weighted by Crippen LogP contribution is 2.32. The highest BCUT2D eigenvalue weighted by molar-refractivity contribution is 5.90. The number of nitrogens with two attached hydrogens (primary N) is 1. The minimum atomic E-state index is 0.00397. The SMILES string of the molecule is CC.CC.CNc1nccc(-c2cc3cc(CNC(CO)C(C)(C)C)ccc3[nH]2)c1N. The number of nitrogen functional groups attached to an aromatic ring is 1. The molecule has 31 heavy (non-hydrogen) atoms. The van der Waals surface area contributed by atoms with Gasteiger partial charge in [0.15, 0.2) is 0 Å². The van der Waals surface area contributed by atoms with Gasteiger partial charge in [0.1, 0.15) is 5.82 Å². The number of aromatic amines is 1. The molecule has 0 aliphatic heterocycles. The average molecular weight is 428 g/mol. The molecule has 3 aromatic rings. The predicted octanol–water partition coefficient (Wildman–Crippen LogP) is 5.40. The maximum absolute atomic E-state index is 9.62. The summed E-state index contributed by atoms with van der Waals surface area (Å²) < 4.78 is 0. The first-order valence-corrected chi connectivity index (χ1v) is 11.2. The molecule has 1 aromatic carbocycles. The van der Waals surface area contributed by atoms with Gasteiger partial charge in [0, 0.05) is 48.0 Å². The van der Waals surface area contributed by atoms with E-state index in [9.17, 15) is 5.11 Å². The lowest BCUT2D eigenvalue weighted by Gasteiger charge is -2.30. The summed E-state index contributed by atoms with van der Waals surface area (Å²) in [6.45, 7) is 15.2. The van der Waals surface area contributed by atoms with Crippen LogP contribution >= 0.6 is 0 Å². The number of rotatable bonds is 6. The minimum Gasteiger partial charge on any atom is -0.395 e. The van der Waals surface area contributed by atoms with Gasteiger partial charge in [-0.25, -0.2) is 4.98 Å². The second-order valence-electron chi connectivity index (χ2n) is 7.96. The van der Waals surface area contributed by atoms with Gasteiger partial charge in [0.25, 0.3) is 0 Å². The van der Waals surface area contributed by atoms with E-state index < -0.39 is 0 Å². The first kappa shape index (κ1) is 26.5. The minimum absolute atomic E-state index is 0.00397. The monoisotopic (exact) mass is 427 g/mol. The van der Waals surface area contributed by atoms with Crippen LogP contribution < -0.4 is 16.4 Å². The van der Waals surface area contributed by atoms with Crippen molar-refractivity contribution in [1.82, 2.24) is 15.3 Å². The van der Waals surface area contributed by atoms with Gasteiger partial charge in [-0.2, -0.15) is 0 Å². The Morgan fingerprint density at radius 2 is 1.77 bits per heavy atom. The molecule has 1 atom stereocenters. The molecule has 6 N–H and O–H groups in total. The molecule has 0 spiro atoms. The highest BCUT2D eigenvalue weighted by atomic mass is 16.3. The fourth-order valence-corrected chi connectivity index (χ4v) is 3.23. The lowest BCUT2D eigenvalue weighted by molar-refractivity contribution is 0.158. The fraction of sp³-hybridized carbons (Fsp3) is 0.480. The number of H-pyrrole nitrogens is 1. The second-order valence-corrected chi connectivity index (χ2v) is 7.96. The number of pyridine rings is 1.